The summed E-state index contributed by atoms with van der Waals surface area (Å²) >= 11 is 0. The van der Waals surface area contributed by atoms with Crippen LogP contribution in [0.4, 0.5) is 0 Å². The number of aromatic nitrogens is 2. The molecule has 2 N–H and O–H groups in total. The standard InChI is InChI=1S/C13H24N4O2S/c1-9(2)11-5-6-17(8-11)20(18,19)13-10(3)15-16-12(13)7-14-4/h9,11,14H,5-8H2,1-4H3,(H,15,16). The fourth-order valence-corrected chi connectivity index (χ4v) is 4.58. The Morgan fingerprint density at radius 2 is 2.20 bits per heavy atom. The van der Waals surface area contributed by atoms with Crippen LogP contribution in [0.3, 0.4) is 0 Å². The van der Waals surface area contributed by atoms with E-state index in [0.717, 1.165) is 6.42 Å². The fourth-order valence-electron chi connectivity index (χ4n) is 2.74. The quantitative estimate of drug-likeness (QED) is 0.854. The predicted molar refractivity (Wildman–Crippen MR) is 77.8 cm³/mol. The second-order valence-corrected chi connectivity index (χ2v) is 7.69. The molecule has 0 saturated carbocycles. The first-order valence-electron chi connectivity index (χ1n) is 7.06. The molecule has 0 radical (unpaired) electrons. The summed E-state index contributed by atoms with van der Waals surface area (Å²) < 4.78 is 27.2. The summed E-state index contributed by atoms with van der Waals surface area (Å²) in [4.78, 5) is 0.344. The van der Waals surface area contributed by atoms with Gasteiger partial charge in [0.2, 0.25) is 10.0 Å². The minimum atomic E-state index is -3.45. The summed E-state index contributed by atoms with van der Waals surface area (Å²) in [6, 6.07) is 0. The molecule has 1 fully saturated rings. The van der Waals surface area contributed by atoms with Gasteiger partial charge >= 0.3 is 0 Å². The van der Waals surface area contributed by atoms with Gasteiger partial charge in [0.1, 0.15) is 4.90 Å². The average Bonchev–Trinajstić information content (AvgIpc) is 2.97. The Morgan fingerprint density at radius 1 is 1.50 bits per heavy atom. The Morgan fingerprint density at radius 3 is 2.75 bits per heavy atom. The summed E-state index contributed by atoms with van der Waals surface area (Å²) in [5.74, 6) is 0.960. The number of rotatable bonds is 5. The van der Waals surface area contributed by atoms with Crippen LogP contribution in [0.15, 0.2) is 4.90 Å². The molecule has 1 unspecified atom stereocenters. The largest absolute Gasteiger partial charge is 0.314 e. The molecule has 0 bridgehead atoms. The van der Waals surface area contributed by atoms with Gasteiger partial charge in [0.25, 0.3) is 0 Å². The Bertz CT molecular complexity index is 565. The van der Waals surface area contributed by atoms with Crippen LogP contribution < -0.4 is 5.32 Å². The molecule has 0 spiro atoms. The lowest BCUT2D eigenvalue weighted by Crippen LogP contribution is -2.30. The van der Waals surface area contributed by atoms with Gasteiger partial charge in [-0.2, -0.15) is 9.40 Å². The van der Waals surface area contributed by atoms with Crippen molar-refractivity contribution in [1.29, 1.82) is 0 Å². The summed E-state index contributed by atoms with van der Waals surface area (Å²) in [6.45, 7) is 7.72. The first-order valence-corrected chi connectivity index (χ1v) is 8.50. The molecule has 2 rings (SSSR count). The van der Waals surface area contributed by atoms with E-state index in [1.807, 2.05) is 0 Å². The van der Waals surface area contributed by atoms with E-state index in [-0.39, 0.29) is 0 Å². The average molecular weight is 300 g/mol. The molecule has 2 heterocycles. The van der Waals surface area contributed by atoms with E-state index in [1.54, 1.807) is 18.3 Å². The molecule has 1 aliphatic heterocycles. The van der Waals surface area contributed by atoms with Crippen molar-refractivity contribution in [2.75, 3.05) is 20.1 Å². The number of aromatic amines is 1. The molecule has 20 heavy (non-hydrogen) atoms. The van der Waals surface area contributed by atoms with Crippen LogP contribution in [0.5, 0.6) is 0 Å². The van der Waals surface area contributed by atoms with E-state index >= 15 is 0 Å². The normalized spacial score (nSPS) is 20.9. The molecule has 1 aromatic rings. The van der Waals surface area contributed by atoms with Gasteiger partial charge in [0, 0.05) is 19.6 Å². The molecule has 0 aromatic carbocycles. The first kappa shape index (κ1) is 15.5. The Kier molecular flexibility index (Phi) is 4.51. The molecular formula is C13H24N4O2S. The van der Waals surface area contributed by atoms with E-state index in [2.05, 4.69) is 29.4 Å². The van der Waals surface area contributed by atoms with Crippen LogP contribution >= 0.6 is 0 Å². The topological polar surface area (TPSA) is 78.1 Å². The minimum absolute atomic E-state index is 0.344. The minimum Gasteiger partial charge on any atom is -0.314 e. The highest BCUT2D eigenvalue weighted by atomic mass is 32.2. The van der Waals surface area contributed by atoms with Gasteiger partial charge < -0.3 is 5.32 Å². The zero-order chi connectivity index (χ0) is 14.9. The van der Waals surface area contributed by atoms with Crippen molar-refractivity contribution in [3.63, 3.8) is 0 Å². The van der Waals surface area contributed by atoms with Gasteiger partial charge in [-0.25, -0.2) is 8.42 Å². The smallest absolute Gasteiger partial charge is 0.246 e. The summed E-state index contributed by atoms with van der Waals surface area (Å²) in [6.07, 6.45) is 0.940. The van der Waals surface area contributed by atoms with Gasteiger partial charge in [-0.1, -0.05) is 13.8 Å². The second kappa shape index (κ2) is 5.83. The van der Waals surface area contributed by atoms with Gasteiger partial charge in [-0.05, 0) is 32.2 Å². The molecule has 1 saturated heterocycles. The lowest BCUT2D eigenvalue weighted by molar-refractivity contribution is 0.388. The summed E-state index contributed by atoms with van der Waals surface area (Å²) in [5.41, 5.74) is 1.18. The summed E-state index contributed by atoms with van der Waals surface area (Å²) in [7, 11) is -1.66. The SMILES string of the molecule is CNCc1n[nH]c(C)c1S(=O)(=O)N1CCC(C(C)C)C1. The highest BCUT2D eigenvalue weighted by molar-refractivity contribution is 7.89. The van der Waals surface area contributed by atoms with Crippen molar-refractivity contribution < 1.29 is 8.42 Å². The van der Waals surface area contributed by atoms with Crippen molar-refractivity contribution in [2.45, 2.75) is 38.6 Å². The van der Waals surface area contributed by atoms with Crippen molar-refractivity contribution in [2.24, 2.45) is 11.8 Å². The van der Waals surface area contributed by atoms with E-state index in [9.17, 15) is 8.42 Å². The number of H-pyrrole nitrogens is 1. The van der Waals surface area contributed by atoms with Gasteiger partial charge in [-0.3, -0.25) is 5.10 Å². The number of nitrogens with zero attached hydrogens (tertiary/aromatic N) is 2. The molecule has 114 valence electrons. The number of hydrogen-bond acceptors (Lipinski definition) is 4. The monoisotopic (exact) mass is 300 g/mol. The number of nitrogens with one attached hydrogen (secondary N) is 2. The maximum absolute atomic E-state index is 12.8. The molecule has 1 atom stereocenters. The van der Waals surface area contributed by atoms with Crippen LogP contribution in [-0.4, -0.2) is 43.1 Å². The molecular weight excluding hydrogens is 276 g/mol. The zero-order valence-corrected chi connectivity index (χ0v) is 13.4. The van der Waals surface area contributed by atoms with Crippen LogP contribution in [-0.2, 0) is 16.6 Å². The Labute approximate surface area is 121 Å². The van der Waals surface area contributed by atoms with E-state index in [4.69, 9.17) is 0 Å². The summed E-state index contributed by atoms with van der Waals surface area (Å²) in [5, 5.41) is 9.86. The second-order valence-electron chi connectivity index (χ2n) is 5.81. The highest BCUT2D eigenvalue weighted by Gasteiger charge is 2.36. The number of hydrogen-bond donors (Lipinski definition) is 2. The van der Waals surface area contributed by atoms with E-state index in [0.29, 0.717) is 47.8 Å². The van der Waals surface area contributed by atoms with Crippen LogP contribution in [0.25, 0.3) is 0 Å². The zero-order valence-electron chi connectivity index (χ0n) is 12.6. The van der Waals surface area contributed by atoms with Crippen molar-refractivity contribution >= 4 is 10.0 Å². The number of aryl methyl sites for hydroxylation is 1. The van der Waals surface area contributed by atoms with Gasteiger partial charge in [0.15, 0.2) is 0 Å². The molecule has 1 aliphatic rings. The van der Waals surface area contributed by atoms with Crippen LogP contribution in [0, 0.1) is 18.8 Å². The third kappa shape index (κ3) is 2.75. The molecule has 0 amide bonds. The van der Waals surface area contributed by atoms with Gasteiger partial charge in [-0.15, -0.1) is 0 Å². The lowest BCUT2D eigenvalue weighted by atomic mass is 9.96. The molecule has 1 aromatic heterocycles. The highest BCUT2D eigenvalue weighted by Crippen LogP contribution is 2.30. The van der Waals surface area contributed by atoms with Crippen molar-refractivity contribution in [3.05, 3.63) is 11.4 Å². The Balaban J connectivity index is 2.30. The van der Waals surface area contributed by atoms with Crippen LogP contribution in [0.2, 0.25) is 0 Å². The maximum atomic E-state index is 12.8. The molecule has 6 nitrogen and oxygen atoms in total. The van der Waals surface area contributed by atoms with Crippen molar-refractivity contribution in [3.8, 4) is 0 Å². The van der Waals surface area contributed by atoms with Crippen LogP contribution in [0.1, 0.15) is 31.7 Å². The third-order valence-electron chi connectivity index (χ3n) is 4.03. The van der Waals surface area contributed by atoms with E-state index < -0.39 is 10.0 Å². The Hall–Kier alpha value is -0.920. The fraction of sp³-hybridized carbons (Fsp3) is 0.769. The molecule has 0 aliphatic carbocycles. The first-order chi connectivity index (χ1) is 9.37. The molecule has 7 heteroatoms. The lowest BCUT2D eigenvalue weighted by Gasteiger charge is -2.18. The maximum Gasteiger partial charge on any atom is 0.246 e. The predicted octanol–water partition coefficient (Wildman–Crippen LogP) is 1.10. The van der Waals surface area contributed by atoms with Crippen molar-refractivity contribution in [1.82, 2.24) is 19.8 Å². The third-order valence-corrected chi connectivity index (χ3v) is 6.10. The number of sulfonamides is 1. The van der Waals surface area contributed by atoms with Gasteiger partial charge in [0.05, 0.1) is 11.4 Å². The van der Waals surface area contributed by atoms with E-state index in [1.165, 1.54) is 0 Å².